The van der Waals surface area contributed by atoms with Crippen molar-refractivity contribution in [2.45, 2.75) is 18.3 Å². The van der Waals surface area contributed by atoms with Gasteiger partial charge in [0.25, 0.3) is 5.91 Å². The number of sulfonamides is 1. The maximum absolute atomic E-state index is 13.7. The first-order chi connectivity index (χ1) is 17.1. The lowest BCUT2D eigenvalue weighted by molar-refractivity contribution is 0.0699. The Morgan fingerprint density at radius 3 is 2.42 bits per heavy atom. The number of nitriles is 1. The van der Waals surface area contributed by atoms with E-state index >= 15 is 0 Å². The highest BCUT2D eigenvalue weighted by Gasteiger charge is 2.47. The quantitative estimate of drug-likeness (QED) is 0.492. The summed E-state index contributed by atoms with van der Waals surface area (Å²) < 4.78 is 25.1. The molecule has 2 fully saturated rings. The molecule has 2 N–H and O–H groups in total. The molecule has 0 unspecified atom stereocenters. The molecule has 2 aliphatic rings. The van der Waals surface area contributed by atoms with E-state index < -0.39 is 22.6 Å². The van der Waals surface area contributed by atoms with Gasteiger partial charge in [0, 0.05) is 43.3 Å². The summed E-state index contributed by atoms with van der Waals surface area (Å²) in [6.45, 7) is 0.935. The van der Waals surface area contributed by atoms with Gasteiger partial charge in [0.1, 0.15) is 0 Å². The van der Waals surface area contributed by atoms with Gasteiger partial charge >= 0.3 is 7.12 Å². The number of amides is 1. The summed E-state index contributed by atoms with van der Waals surface area (Å²) >= 11 is 0. The van der Waals surface area contributed by atoms with E-state index in [2.05, 4.69) is 11.1 Å². The predicted molar refractivity (Wildman–Crippen MR) is 136 cm³/mol. The monoisotopic (exact) mass is 504 g/mol. The van der Waals surface area contributed by atoms with Crippen LogP contribution in [0, 0.1) is 11.3 Å². The highest BCUT2D eigenvalue weighted by molar-refractivity contribution is 7.88. The van der Waals surface area contributed by atoms with Crippen LogP contribution in [0.15, 0.2) is 48.7 Å². The zero-order valence-electron chi connectivity index (χ0n) is 19.8. The molecule has 0 atom stereocenters. The lowest BCUT2D eigenvalue weighted by Gasteiger charge is -2.33. The van der Waals surface area contributed by atoms with Crippen molar-refractivity contribution in [1.29, 1.82) is 5.26 Å². The molecule has 11 heteroatoms. The Morgan fingerprint density at radius 2 is 1.81 bits per heavy atom. The van der Waals surface area contributed by atoms with Crippen molar-refractivity contribution in [3.63, 3.8) is 0 Å². The third-order valence-electron chi connectivity index (χ3n) is 7.10. The van der Waals surface area contributed by atoms with E-state index in [1.165, 1.54) is 10.5 Å². The van der Waals surface area contributed by atoms with Crippen molar-refractivity contribution >= 4 is 39.4 Å². The van der Waals surface area contributed by atoms with Crippen LogP contribution in [0.1, 0.15) is 28.8 Å². The number of carbonyl (C=O) groups is 1. The summed E-state index contributed by atoms with van der Waals surface area (Å²) in [6, 6.07) is 14.9. The summed E-state index contributed by atoms with van der Waals surface area (Å²) in [5.41, 5.74) is 2.35. The van der Waals surface area contributed by atoms with E-state index in [-0.39, 0.29) is 37.5 Å². The third-order valence-corrected chi connectivity index (χ3v) is 8.40. The van der Waals surface area contributed by atoms with Crippen LogP contribution in [0.2, 0.25) is 0 Å². The van der Waals surface area contributed by atoms with Gasteiger partial charge in [-0.15, -0.1) is 0 Å². The molecule has 36 heavy (non-hydrogen) atoms. The fourth-order valence-electron chi connectivity index (χ4n) is 4.94. The number of hydrogen-bond acceptors (Lipinski definition) is 7. The van der Waals surface area contributed by atoms with Gasteiger partial charge in [-0.3, -0.25) is 9.78 Å². The molecular weight excluding hydrogens is 479 g/mol. The molecule has 1 aromatic heterocycles. The lowest BCUT2D eigenvalue weighted by Crippen LogP contribution is -2.50. The number of pyridine rings is 1. The molecule has 2 aromatic carbocycles. The summed E-state index contributed by atoms with van der Waals surface area (Å²) in [5.74, 6) is -0.276. The fraction of sp³-hybridized carbons (Fsp3) is 0.320. The van der Waals surface area contributed by atoms with E-state index in [0.717, 1.165) is 11.6 Å². The first-order valence-electron chi connectivity index (χ1n) is 11.7. The standard InChI is InChI=1S/C25H25BN4O5S/c1-36(34,35)30-12-10-29(11-13-30)24(31)19-15-28-22-5-3-2-4-18(22)23(19)17-6-7-20(21(14-17)26(32)33)25(16-27)8-9-25/h2-7,14-15,32-33H,8-13H2,1H3. The van der Waals surface area contributed by atoms with Crippen molar-refractivity contribution in [2.75, 3.05) is 32.4 Å². The van der Waals surface area contributed by atoms with Crippen molar-refractivity contribution in [2.24, 2.45) is 0 Å². The minimum atomic E-state index is -3.33. The van der Waals surface area contributed by atoms with Crippen LogP contribution in [0.25, 0.3) is 22.0 Å². The lowest BCUT2D eigenvalue weighted by atomic mass is 9.72. The second-order valence-corrected chi connectivity index (χ2v) is 11.4. The van der Waals surface area contributed by atoms with Crippen molar-refractivity contribution in [1.82, 2.24) is 14.2 Å². The van der Waals surface area contributed by atoms with Crippen molar-refractivity contribution in [3.8, 4) is 17.2 Å². The van der Waals surface area contributed by atoms with Gasteiger partial charge in [-0.2, -0.15) is 9.57 Å². The molecule has 3 aromatic rings. The number of rotatable bonds is 5. The van der Waals surface area contributed by atoms with Crippen molar-refractivity contribution in [3.05, 3.63) is 59.8 Å². The zero-order chi connectivity index (χ0) is 25.7. The molecule has 1 aliphatic carbocycles. The van der Waals surface area contributed by atoms with E-state index in [4.69, 9.17) is 0 Å². The maximum atomic E-state index is 13.7. The van der Waals surface area contributed by atoms with Gasteiger partial charge in [0.2, 0.25) is 10.0 Å². The first kappa shape index (κ1) is 24.4. The van der Waals surface area contributed by atoms with Crippen LogP contribution in [-0.4, -0.2) is 78.1 Å². The van der Waals surface area contributed by atoms with Gasteiger partial charge < -0.3 is 14.9 Å². The summed E-state index contributed by atoms with van der Waals surface area (Å²) in [4.78, 5) is 19.8. The van der Waals surface area contributed by atoms with Crippen LogP contribution < -0.4 is 5.46 Å². The van der Waals surface area contributed by atoms with E-state index in [9.17, 15) is 28.5 Å². The Balaban J connectivity index is 1.61. The Kier molecular flexibility index (Phi) is 6.08. The number of benzene rings is 2. The van der Waals surface area contributed by atoms with E-state index in [1.54, 1.807) is 23.1 Å². The molecule has 184 valence electrons. The van der Waals surface area contributed by atoms with Gasteiger partial charge in [-0.25, -0.2) is 8.42 Å². The molecule has 2 heterocycles. The minimum Gasteiger partial charge on any atom is -0.423 e. The SMILES string of the molecule is CS(=O)(=O)N1CCN(C(=O)c2cnc3ccccc3c2-c2ccc(C3(C#N)CC3)c(B(O)O)c2)CC1. The number of hydrogen-bond donors (Lipinski definition) is 2. The summed E-state index contributed by atoms with van der Waals surface area (Å²) in [5, 5.41) is 30.7. The molecule has 1 aliphatic heterocycles. The van der Waals surface area contributed by atoms with Crippen molar-refractivity contribution < 1.29 is 23.3 Å². The van der Waals surface area contributed by atoms with Crippen LogP contribution >= 0.6 is 0 Å². The summed E-state index contributed by atoms with van der Waals surface area (Å²) in [7, 11) is -5.11. The molecule has 9 nitrogen and oxygen atoms in total. The van der Waals surface area contributed by atoms with Crippen LogP contribution in [-0.2, 0) is 15.4 Å². The second-order valence-electron chi connectivity index (χ2n) is 9.39. The number of piperazine rings is 1. The van der Waals surface area contributed by atoms with Gasteiger partial charge in [-0.05, 0) is 35.5 Å². The van der Waals surface area contributed by atoms with Gasteiger partial charge in [-0.1, -0.05) is 36.4 Å². The second kappa shape index (κ2) is 8.98. The average Bonchev–Trinajstić information content (AvgIpc) is 3.68. The normalized spacial score (nSPS) is 17.6. The zero-order valence-corrected chi connectivity index (χ0v) is 20.6. The molecule has 0 bridgehead atoms. The molecular formula is C25H25BN4O5S. The molecule has 0 spiro atoms. The predicted octanol–water partition coefficient (Wildman–Crippen LogP) is 0.854. The number of aromatic nitrogens is 1. The Hall–Kier alpha value is -3.30. The smallest absolute Gasteiger partial charge is 0.423 e. The highest BCUT2D eigenvalue weighted by Crippen LogP contribution is 2.47. The Labute approximate surface area is 209 Å². The molecule has 1 saturated carbocycles. The highest BCUT2D eigenvalue weighted by atomic mass is 32.2. The Morgan fingerprint density at radius 1 is 1.11 bits per heavy atom. The maximum Gasteiger partial charge on any atom is 0.488 e. The minimum absolute atomic E-state index is 0.215. The number of nitrogens with zero attached hydrogens (tertiary/aromatic N) is 4. The Bertz CT molecular complexity index is 1510. The topological polar surface area (TPSA) is 135 Å². The first-order valence-corrected chi connectivity index (χ1v) is 13.5. The van der Waals surface area contributed by atoms with Gasteiger partial charge in [0.05, 0.1) is 28.8 Å². The van der Waals surface area contributed by atoms with Gasteiger partial charge in [0.15, 0.2) is 0 Å². The van der Waals surface area contributed by atoms with E-state index in [0.29, 0.717) is 40.6 Å². The molecule has 0 radical (unpaired) electrons. The number of carbonyl (C=O) groups excluding carboxylic acids is 1. The largest absolute Gasteiger partial charge is 0.488 e. The summed E-state index contributed by atoms with van der Waals surface area (Å²) in [6.07, 6.45) is 3.99. The average molecular weight is 504 g/mol. The van der Waals surface area contributed by atoms with Crippen LogP contribution in [0.3, 0.4) is 0 Å². The number of fused-ring (bicyclic) bond motifs is 1. The third kappa shape index (κ3) is 4.26. The fourth-order valence-corrected chi connectivity index (χ4v) is 5.77. The number of para-hydroxylation sites is 1. The molecule has 1 amide bonds. The molecule has 5 rings (SSSR count). The molecule has 1 saturated heterocycles. The van der Waals surface area contributed by atoms with E-state index in [1.807, 2.05) is 24.3 Å². The van der Waals surface area contributed by atoms with Crippen LogP contribution in [0.5, 0.6) is 0 Å². The van der Waals surface area contributed by atoms with Crippen LogP contribution in [0.4, 0.5) is 0 Å².